The van der Waals surface area contributed by atoms with Crippen LogP contribution in [-0.2, 0) is 11.2 Å². The van der Waals surface area contributed by atoms with Gasteiger partial charge in [-0.15, -0.1) is 0 Å². The van der Waals surface area contributed by atoms with Gasteiger partial charge in [0.05, 0.1) is 13.5 Å². The quantitative estimate of drug-likeness (QED) is 0.576. The third-order valence-corrected chi connectivity index (χ3v) is 5.10. The lowest BCUT2D eigenvalue weighted by atomic mass is 9.78. The predicted molar refractivity (Wildman–Crippen MR) is 99.7 cm³/mol. The van der Waals surface area contributed by atoms with Crippen LogP contribution in [0.4, 0.5) is 0 Å². The molecular weight excluding hydrogens is 322 g/mol. The zero-order valence-electron chi connectivity index (χ0n) is 14.6. The number of thiocarbonyl (C=S) groups is 1. The average molecular weight is 350 g/mol. The Hall–Kier alpha value is -1.82. The van der Waals surface area contributed by atoms with Crippen LogP contribution >= 0.6 is 12.2 Å². The number of para-hydroxylation sites is 1. The Kier molecular flexibility index (Phi) is 6.85. The minimum atomic E-state index is -0.159. The van der Waals surface area contributed by atoms with Crippen molar-refractivity contribution >= 4 is 23.2 Å². The predicted octanol–water partition coefficient (Wildman–Crippen LogP) is 2.56. The van der Waals surface area contributed by atoms with Crippen molar-refractivity contribution in [1.82, 2.24) is 16.2 Å². The molecule has 2 rings (SSSR count). The summed E-state index contributed by atoms with van der Waals surface area (Å²) >= 11 is 5.30. The second-order valence-electron chi connectivity index (χ2n) is 6.51. The zero-order valence-corrected chi connectivity index (χ0v) is 15.4. The van der Waals surface area contributed by atoms with Crippen LogP contribution in [0.5, 0.6) is 5.75 Å². The Balaban J connectivity index is 1.78. The molecule has 1 aliphatic carbocycles. The van der Waals surface area contributed by atoms with Gasteiger partial charge in [0.15, 0.2) is 5.11 Å². The summed E-state index contributed by atoms with van der Waals surface area (Å²) in [6, 6.07) is 7.84. The van der Waals surface area contributed by atoms with Gasteiger partial charge in [0, 0.05) is 11.6 Å². The molecule has 1 aromatic rings. The molecule has 5 nitrogen and oxygen atoms in total. The van der Waals surface area contributed by atoms with E-state index >= 15 is 0 Å². The molecule has 0 bridgehead atoms. The molecule has 6 heteroatoms. The lowest BCUT2D eigenvalue weighted by molar-refractivity contribution is -0.121. The summed E-state index contributed by atoms with van der Waals surface area (Å²) in [5.41, 5.74) is 6.29. The van der Waals surface area contributed by atoms with Gasteiger partial charge in [0.25, 0.3) is 0 Å². The molecule has 1 aliphatic rings. The van der Waals surface area contributed by atoms with Gasteiger partial charge < -0.3 is 10.1 Å². The van der Waals surface area contributed by atoms with Gasteiger partial charge in [-0.2, -0.15) is 0 Å². The first kappa shape index (κ1) is 18.5. The van der Waals surface area contributed by atoms with Crippen LogP contribution in [0.2, 0.25) is 0 Å². The molecule has 3 atom stereocenters. The highest BCUT2D eigenvalue weighted by Crippen LogP contribution is 2.29. The molecule has 1 aromatic carbocycles. The highest BCUT2D eigenvalue weighted by atomic mass is 32.1. The standard InChI is InChI=1S/C18H27N3O2S/c1-12-7-6-9-15(13(12)2)19-18(24)21-20-17(22)11-14-8-4-5-10-16(14)23-3/h4-5,8,10,12-13,15H,6-7,9,11H2,1-3H3,(H,20,22)(H2,19,21,24)/t12-,13+,15+/m0/s1. The maximum absolute atomic E-state index is 12.1. The fourth-order valence-corrected chi connectivity index (χ4v) is 3.39. The Morgan fingerprint density at radius 3 is 2.75 bits per heavy atom. The number of rotatable bonds is 4. The highest BCUT2D eigenvalue weighted by Gasteiger charge is 2.27. The normalized spacial score (nSPS) is 23.2. The van der Waals surface area contributed by atoms with Gasteiger partial charge in [-0.3, -0.25) is 15.6 Å². The molecular formula is C18H27N3O2S. The molecule has 0 saturated heterocycles. The van der Waals surface area contributed by atoms with Crippen molar-refractivity contribution < 1.29 is 9.53 Å². The van der Waals surface area contributed by atoms with Gasteiger partial charge in [-0.1, -0.05) is 44.9 Å². The number of hydrazine groups is 1. The van der Waals surface area contributed by atoms with Crippen molar-refractivity contribution in [2.75, 3.05) is 7.11 Å². The van der Waals surface area contributed by atoms with Crippen molar-refractivity contribution in [3.63, 3.8) is 0 Å². The summed E-state index contributed by atoms with van der Waals surface area (Å²) in [6.07, 6.45) is 3.83. The van der Waals surface area contributed by atoms with E-state index < -0.39 is 0 Å². The van der Waals surface area contributed by atoms with E-state index in [0.717, 1.165) is 12.0 Å². The van der Waals surface area contributed by atoms with Crippen LogP contribution in [0, 0.1) is 11.8 Å². The van der Waals surface area contributed by atoms with Gasteiger partial charge in [0.1, 0.15) is 5.75 Å². The molecule has 0 aromatic heterocycles. The van der Waals surface area contributed by atoms with Crippen molar-refractivity contribution in [3.8, 4) is 5.75 Å². The van der Waals surface area contributed by atoms with E-state index in [2.05, 4.69) is 30.0 Å². The molecule has 0 spiro atoms. The lowest BCUT2D eigenvalue weighted by Crippen LogP contribution is -2.52. The number of carbonyl (C=O) groups is 1. The first-order chi connectivity index (χ1) is 11.5. The first-order valence-electron chi connectivity index (χ1n) is 8.48. The second-order valence-corrected chi connectivity index (χ2v) is 6.92. The Morgan fingerprint density at radius 1 is 1.25 bits per heavy atom. The minimum Gasteiger partial charge on any atom is -0.496 e. The fraction of sp³-hybridized carbons (Fsp3) is 0.556. The van der Waals surface area contributed by atoms with Crippen LogP contribution in [0.1, 0.15) is 38.7 Å². The maximum Gasteiger partial charge on any atom is 0.242 e. The largest absolute Gasteiger partial charge is 0.496 e. The van der Waals surface area contributed by atoms with Gasteiger partial charge in [-0.25, -0.2) is 0 Å². The van der Waals surface area contributed by atoms with E-state index in [1.165, 1.54) is 12.8 Å². The molecule has 3 N–H and O–H groups in total. The van der Waals surface area contributed by atoms with Crippen LogP contribution in [0.15, 0.2) is 24.3 Å². The molecule has 0 unspecified atom stereocenters. The molecule has 0 heterocycles. The monoisotopic (exact) mass is 349 g/mol. The van der Waals surface area contributed by atoms with Crippen LogP contribution in [-0.4, -0.2) is 24.2 Å². The van der Waals surface area contributed by atoms with Gasteiger partial charge in [-0.05, 0) is 36.5 Å². The van der Waals surface area contributed by atoms with Crippen molar-refractivity contribution in [3.05, 3.63) is 29.8 Å². The Bertz CT molecular complexity index is 579. The molecule has 1 amide bonds. The van der Waals surface area contributed by atoms with Crippen LogP contribution in [0.3, 0.4) is 0 Å². The fourth-order valence-electron chi connectivity index (χ4n) is 3.18. The first-order valence-corrected chi connectivity index (χ1v) is 8.89. The van der Waals surface area contributed by atoms with Crippen molar-refractivity contribution in [2.45, 2.75) is 45.6 Å². The van der Waals surface area contributed by atoms with E-state index in [9.17, 15) is 4.79 Å². The van der Waals surface area contributed by atoms with Gasteiger partial charge in [0.2, 0.25) is 5.91 Å². The zero-order chi connectivity index (χ0) is 17.5. The summed E-state index contributed by atoms with van der Waals surface area (Å²) in [7, 11) is 1.60. The molecule has 24 heavy (non-hydrogen) atoms. The number of hydrogen-bond donors (Lipinski definition) is 3. The number of carbonyl (C=O) groups excluding carboxylic acids is 1. The Morgan fingerprint density at radius 2 is 2.00 bits per heavy atom. The highest BCUT2D eigenvalue weighted by molar-refractivity contribution is 7.80. The summed E-state index contributed by atoms with van der Waals surface area (Å²) in [6.45, 7) is 4.54. The number of nitrogens with one attached hydrogen (secondary N) is 3. The van der Waals surface area contributed by atoms with E-state index in [4.69, 9.17) is 17.0 Å². The molecule has 0 radical (unpaired) electrons. The second kappa shape index (κ2) is 8.87. The van der Waals surface area contributed by atoms with E-state index in [-0.39, 0.29) is 12.3 Å². The molecule has 1 fully saturated rings. The van der Waals surface area contributed by atoms with Gasteiger partial charge >= 0.3 is 0 Å². The summed E-state index contributed by atoms with van der Waals surface area (Å²) in [5.74, 6) is 1.81. The SMILES string of the molecule is COc1ccccc1CC(=O)NNC(=S)N[C@@H]1CCC[C@H](C)[C@H]1C. The van der Waals surface area contributed by atoms with Crippen LogP contribution < -0.4 is 20.9 Å². The van der Waals surface area contributed by atoms with Crippen LogP contribution in [0.25, 0.3) is 0 Å². The maximum atomic E-state index is 12.1. The lowest BCUT2D eigenvalue weighted by Gasteiger charge is -2.35. The van der Waals surface area contributed by atoms with E-state index in [0.29, 0.717) is 28.7 Å². The smallest absolute Gasteiger partial charge is 0.242 e. The topological polar surface area (TPSA) is 62.4 Å². The van der Waals surface area contributed by atoms with Crippen molar-refractivity contribution in [1.29, 1.82) is 0 Å². The number of hydrogen-bond acceptors (Lipinski definition) is 3. The summed E-state index contributed by atoms with van der Waals surface area (Å²) in [5, 5.41) is 3.79. The third-order valence-electron chi connectivity index (χ3n) is 4.88. The Labute approximate surface area is 149 Å². The summed E-state index contributed by atoms with van der Waals surface area (Å²) < 4.78 is 5.26. The summed E-state index contributed by atoms with van der Waals surface area (Å²) in [4.78, 5) is 12.1. The third kappa shape index (κ3) is 5.09. The van der Waals surface area contributed by atoms with E-state index in [1.54, 1.807) is 7.11 Å². The number of ether oxygens (including phenoxy) is 1. The number of methoxy groups -OCH3 is 1. The average Bonchev–Trinajstić information content (AvgIpc) is 2.58. The minimum absolute atomic E-state index is 0.159. The molecule has 1 saturated carbocycles. The molecule has 0 aliphatic heterocycles. The number of amides is 1. The molecule has 132 valence electrons. The number of benzene rings is 1. The van der Waals surface area contributed by atoms with E-state index in [1.807, 2.05) is 24.3 Å². The van der Waals surface area contributed by atoms with Crippen molar-refractivity contribution in [2.24, 2.45) is 11.8 Å².